The average Bonchev–Trinajstić information content (AvgIpc) is 2.58. The largest absolute Gasteiger partial charge is 0.301 e. The number of rotatable bonds is 5. The molecule has 132 valence electrons. The molecule has 0 amide bonds. The summed E-state index contributed by atoms with van der Waals surface area (Å²) in [5.41, 5.74) is 1.24. The van der Waals surface area contributed by atoms with Crippen LogP contribution < -0.4 is 4.72 Å². The van der Waals surface area contributed by atoms with Crippen molar-refractivity contribution < 1.29 is 8.42 Å². The summed E-state index contributed by atoms with van der Waals surface area (Å²) in [6.45, 7) is 10.8. The third-order valence-electron chi connectivity index (χ3n) is 4.41. The van der Waals surface area contributed by atoms with E-state index in [0.717, 1.165) is 38.9 Å². The van der Waals surface area contributed by atoms with Crippen LogP contribution in [-0.4, -0.2) is 48.8 Å². The Morgan fingerprint density at radius 3 is 2.57 bits per heavy atom. The van der Waals surface area contributed by atoms with Crippen molar-refractivity contribution in [2.75, 3.05) is 19.6 Å². The van der Waals surface area contributed by atoms with Crippen LogP contribution in [-0.2, 0) is 17.1 Å². The van der Waals surface area contributed by atoms with Gasteiger partial charge in [0.05, 0.1) is 11.4 Å². The van der Waals surface area contributed by atoms with Crippen LogP contribution in [0.5, 0.6) is 0 Å². The lowest BCUT2D eigenvalue weighted by Crippen LogP contribution is -2.43. The second-order valence-electron chi connectivity index (χ2n) is 7.09. The standard InChI is InChI=1S/C16H30N4O2S/c1-12(2)10-20-9-7-6-8-15(11-20)18-23(21,22)16-13(3)17-19(5)14(16)4/h12,15,18H,6-11H2,1-5H3/t15-/m0/s1. The maximum absolute atomic E-state index is 12.8. The number of sulfonamides is 1. The Kier molecular flexibility index (Phi) is 5.86. The van der Waals surface area contributed by atoms with Crippen molar-refractivity contribution in [3.05, 3.63) is 11.4 Å². The summed E-state index contributed by atoms with van der Waals surface area (Å²) < 4.78 is 30.2. The van der Waals surface area contributed by atoms with Crippen molar-refractivity contribution >= 4 is 10.0 Å². The highest BCUT2D eigenvalue weighted by Gasteiger charge is 2.28. The van der Waals surface area contributed by atoms with Crippen LogP contribution in [0.15, 0.2) is 4.90 Å². The molecule has 0 bridgehead atoms. The number of nitrogens with zero attached hydrogens (tertiary/aromatic N) is 3. The lowest BCUT2D eigenvalue weighted by molar-refractivity contribution is 0.240. The maximum Gasteiger partial charge on any atom is 0.244 e. The zero-order chi connectivity index (χ0) is 17.2. The molecule has 6 nitrogen and oxygen atoms in total. The summed E-state index contributed by atoms with van der Waals surface area (Å²) in [6.07, 6.45) is 3.09. The molecule has 0 aromatic carbocycles. The molecule has 2 rings (SSSR count). The highest BCUT2D eigenvalue weighted by Crippen LogP contribution is 2.20. The zero-order valence-electron chi connectivity index (χ0n) is 15.0. The molecule has 1 N–H and O–H groups in total. The molecule has 7 heteroatoms. The number of hydrogen-bond acceptors (Lipinski definition) is 4. The van der Waals surface area contributed by atoms with Crippen LogP contribution in [0.4, 0.5) is 0 Å². The first-order valence-electron chi connectivity index (χ1n) is 8.45. The van der Waals surface area contributed by atoms with E-state index in [-0.39, 0.29) is 6.04 Å². The first-order valence-corrected chi connectivity index (χ1v) is 9.94. The molecule has 1 aromatic rings. The fourth-order valence-electron chi connectivity index (χ4n) is 3.42. The topological polar surface area (TPSA) is 67.2 Å². The smallest absolute Gasteiger partial charge is 0.244 e. The minimum absolute atomic E-state index is 0.0275. The Hall–Kier alpha value is -0.920. The molecule has 1 saturated heterocycles. The van der Waals surface area contributed by atoms with Gasteiger partial charge in [0.2, 0.25) is 10.0 Å². The Morgan fingerprint density at radius 2 is 2.00 bits per heavy atom. The van der Waals surface area contributed by atoms with Crippen LogP contribution in [0.2, 0.25) is 0 Å². The van der Waals surface area contributed by atoms with Crippen molar-refractivity contribution in [1.29, 1.82) is 0 Å². The number of nitrogens with one attached hydrogen (secondary N) is 1. The van der Waals surface area contributed by atoms with Crippen LogP contribution in [0, 0.1) is 19.8 Å². The van der Waals surface area contributed by atoms with E-state index in [1.165, 1.54) is 0 Å². The van der Waals surface area contributed by atoms with E-state index in [1.807, 2.05) is 0 Å². The fraction of sp³-hybridized carbons (Fsp3) is 0.812. The molecule has 1 aromatic heterocycles. The molecule has 0 spiro atoms. The Balaban J connectivity index is 2.15. The Bertz CT molecular complexity index is 637. The van der Waals surface area contributed by atoms with Gasteiger partial charge in [-0.2, -0.15) is 5.10 Å². The van der Waals surface area contributed by atoms with E-state index in [9.17, 15) is 8.42 Å². The summed E-state index contributed by atoms with van der Waals surface area (Å²) in [6, 6.07) is -0.0275. The number of aryl methyl sites for hydroxylation is 2. The number of hydrogen-bond donors (Lipinski definition) is 1. The molecule has 0 radical (unpaired) electrons. The monoisotopic (exact) mass is 342 g/mol. The van der Waals surface area contributed by atoms with Gasteiger partial charge >= 0.3 is 0 Å². The van der Waals surface area contributed by atoms with Gasteiger partial charge in [-0.25, -0.2) is 13.1 Å². The van der Waals surface area contributed by atoms with E-state index >= 15 is 0 Å². The van der Waals surface area contributed by atoms with Gasteiger partial charge in [0.1, 0.15) is 4.90 Å². The molecule has 1 aliphatic rings. The van der Waals surface area contributed by atoms with E-state index in [1.54, 1.807) is 25.6 Å². The van der Waals surface area contributed by atoms with Crippen LogP contribution >= 0.6 is 0 Å². The van der Waals surface area contributed by atoms with Crippen molar-refractivity contribution in [3.63, 3.8) is 0 Å². The summed E-state index contributed by atoms with van der Waals surface area (Å²) >= 11 is 0. The summed E-state index contributed by atoms with van der Waals surface area (Å²) in [5.74, 6) is 0.591. The Labute approximate surface area is 140 Å². The fourth-order valence-corrected chi connectivity index (χ4v) is 5.12. The van der Waals surface area contributed by atoms with Gasteiger partial charge in [-0.1, -0.05) is 20.3 Å². The third kappa shape index (κ3) is 4.55. The molecule has 2 heterocycles. The molecule has 1 atom stereocenters. The van der Waals surface area contributed by atoms with Gasteiger partial charge < -0.3 is 4.90 Å². The van der Waals surface area contributed by atoms with Gasteiger partial charge in [-0.3, -0.25) is 4.68 Å². The lowest BCUT2D eigenvalue weighted by Gasteiger charge is -2.26. The second kappa shape index (κ2) is 7.32. The van der Waals surface area contributed by atoms with Gasteiger partial charge in [0.25, 0.3) is 0 Å². The number of likely N-dealkylation sites (tertiary alicyclic amines) is 1. The van der Waals surface area contributed by atoms with Crippen molar-refractivity contribution in [3.8, 4) is 0 Å². The predicted octanol–water partition coefficient (Wildman–Crippen LogP) is 1.83. The SMILES string of the molecule is Cc1nn(C)c(C)c1S(=O)(=O)N[C@H]1CCCCN(CC(C)C)C1. The minimum atomic E-state index is -3.53. The van der Waals surface area contributed by atoms with Crippen LogP contribution in [0.1, 0.15) is 44.5 Å². The molecular weight excluding hydrogens is 312 g/mol. The molecular formula is C16H30N4O2S. The van der Waals surface area contributed by atoms with Crippen molar-refractivity contribution in [1.82, 2.24) is 19.4 Å². The first-order chi connectivity index (χ1) is 10.7. The molecule has 23 heavy (non-hydrogen) atoms. The third-order valence-corrected chi connectivity index (χ3v) is 6.18. The van der Waals surface area contributed by atoms with Gasteiger partial charge in [0, 0.05) is 26.2 Å². The van der Waals surface area contributed by atoms with Gasteiger partial charge in [0.15, 0.2) is 0 Å². The maximum atomic E-state index is 12.8. The molecule has 0 saturated carbocycles. The quantitative estimate of drug-likeness (QED) is 0.886. The van der Waals surface area contributed by atoms with Gasteiger partial charge in [-0.05, 0) is 39.2 Å². The summed E-state index contributed by atoms with van der Waals surface area (Å²) in [4.78, 5) is 2.72. The highest BCUT2D eigenvalue weighted by atomic mass is 32.2. The van der Waals surface area contributed by atoms with Crippen molar-refractivity contribution in [2.45, 2.75) is 57.9 Å². The summed E-state index contributed by atoms with van der Waals surface area (Å²) in [7, 11) is -1.75. The average molecular weight is 343 g/mol. The van der Waals surface area contributed by atoms with Crippen molar-refractivity contribution in [2.24, 2.45) is 13.0 Å². The predicted molar refractivity (Wildman–Crippen MR) is 91.9 cm³/mol. The minimum Gasteiger partial charge on any atom is -0.301 e. The molecule has 1 aliphatic heterocycles. The molecule has 0 aliphatic carbocycles. The number of aromatic nitrogens is 2. The molecule has 1 fully saturated rings. The second-order valence-corrected chi connectivity index (χ2v) is 8.74. The lowest BCUT2D eigenvalue weighted by atomic mass is 10.1. The first kappa shape index (κ1) is 18.4. The normalized spacial score (nSPS) is 20.9. The highest BCUT2D eigenvalue weighted by molar-refractivity contribution is 7.89. The van der Waals surface area contributed by atoms with E-state index in [0.29, 0.717) is 22.2 Å². The Morgan fingerprint density at radius 1 is 1.30 bits per heavy atom. The van der Waals surface area contributed by atoms with E-state index < -0.39 is 10.0 Å². The summed E-state index contributed by atoms with van der Waals surface area (Å²) in [5, 5.41) is 4.23. The van der Waals surface area contributed by atoms with E-state index in [4.69, 9.17) is 0 Å². The molecule has 0 unspecified atom stereocenters. The van der Waals surface area contributed by atoms with E-state index in [2.05, 4.69) is 28.6 Å². The van der Waals surface area contributed by atoms with Crippen LogP contribution in [0.3, 0.4) is 0 Å². The van der Waals surface area contributed by atoms with Gasteiger partial charge in [-0.15, -0.1) is 0 Å². The van der Waals surface area contributed by atoms with Crippen LogP contribution in [0.25, 0.3) is 0 Å². The zero-order valence-corrected chi connectivity index (χ0v) is 15.8.